The Balaban J connectivity index is 0.00000641. The van der Waals surface area contributed by atoms with Gasteiger partial charge >= 0.3 is 17.9 Å². The van der Waals surface area contributed by atoms with Crippen LogP contribution in [0.2, 0.25) is 0 Å². The molecular weight excluding hydrogens is 823 g/mol. The van der Waals surface area contributed by atoms with Crippen molar-refractivity contribution in [1.82, 2.24) is 5.32 Å². The molecule has 6 rings (SSSR count). The number of Topliss-reactive ketones (excluding diaryl/α,β-unsaturated/α-hetero) is 1. The van der Waals surface area contributed by atoms with Gasteiger partial charge in [-0.3, -0.25) is 29.9 Å². The molecule has 0 aliphatic heterocycles. The van der Waals surface area contributed by atoms with Crippen molar-refractivity contribution in [2.45, 2.75) is 123 Å². The van der Waals surface area contributed by atoms with E-state index in [4.69, 9.17) is 18.9 Å². The van der Waals surface area contributed by atoms with Gasteiger partial charge < -0.3 is 34.5 Å². The summed E-state index contributed by atoms with van der Waals surface area (Å²) in [6.07, 6.45) is -5.62. The molecule has 1 amide bonds. The average molecular weight is 876 g/mol. The Morgan fingerprint density at radius 2 is 1.48 bits per heavy atom. The first kappa shape index (κ1) is 45.2. The van der Waals surface area contributed by atoms with Crippen LogP contribution in [-0.2, 0) is 70.8 Å². The third kappa shape index (κ3) is 7.45. The maximum atomic E-state index is 15.4. The molecule has 4 aliphatic carbocycles. The van der Waals surface area contributed by atoms with Gasteiger partial charge in [-0.1, -0.05) is 63.2 Å². The van der Waals surface area contributed by atoms with E-state index in [1.54, 1.807) is 76.2 Å². The Morgan fingerprint density at radius 3 is 2.02 bits per heavy atom. The van der Waals surface area contributed by atoms with E-state index in [9.17, 15) is 34.2 Å². The largest absolute Gasteiger partial charge is 0.480 e. The SMILES string of the molecule is CC(=O)O[C@H]1C(=O)[C@@]2(C)[C@H]([C@H](OC(=O)c3ccccc3)[C@]3(O)C[C@H](OC(=O)[C-](C)[C@H](C)NC(=O)c4ccccc4)C(C)=C1C3(C)C)[C@]1(OC(C)=O)CC[C@@H]1C[C@@H]2O.[Y]. The predicted molar refractivity (Wildman–Crippen MR) is 204 cm³/mol. The number of aliphatic hydroxyl groups excluding tert-OH is 1. The molecular formula is C44H52NO12Y-. The summed E-state index contributed by atoms with van der Waals surface area (Å²) in [6.45, 7) is 11.9. The van der Waals surface area contributed by atoms with Crippen LogP contribution in [0, 0.1) is 28.6 Å². The minimum absolute atomic E-state index is 0. The van der Waals surface area contributed by atoms with Gasteiger partial charge in [0.15, 0.2) is 17.9 Å². The number of carbonyl (C=O) groups is 6. The minimum atomic E-state index is -2.23. The summed E-state index contributed by atoms with van der Waals surface area (Å²) in [5.74, 6) is -6.03. The zero-order valence-electron chi connectivity index (χ0n) is 34.2. The van der Waals surface area contributed by atoms with Crippen LogP contribution in [0.25, 0.3) is 0 Å². The molecule has 309 valence electrons. The van der Waals surface area contributed by atoms with Gasteiger partial charge in [0, 0.05) is 69.9 Å². The summed E-state index contributed by atoms with van der Waals surface area (Å²) in [6, 6.07) is 15.7. The summed E-state index contributed by atoms with van der Waals surface area (Å²) < 4.78 is 24.6. The minimum Gasteiger partial charge on any atom is -0.480 e. The van der Waals surface area contributed by atoms with E-state index in [0.717, 1.165) is 6.92 Å². The van der Waals surface area contributed by atoms with Crippen molar-refractivity contribution in [3.63, 3.8) is 0 Å². The zero-order valence-corrected chi connectivity index (χ0v) is 37.0. The van der Waals surface area contributed by atoms with Crippen molar-refractivity contribution in [3.8, 4) is 0 Å². The first-order valence-electron chi connectivity index (χ1n) is 19.4. The molecule has 0 aromatic heterocycles. The molecule has 0 spiro atoms. The van der Waals surface area contributed by atoms with E-state index < -0.39 is 99.9 Å². The standard InChI is InChI=1S/C44H52NO12.Y/c1-23(25(3)45-38(50)28-15-11-9-12-16-28)39(51)55-31-22-44(53)37(56-40(52)29-17-13-10-14-18-29)35-42(8,32(48)21-30-19-20-43(30,35)57-27(5)47)36(49)34(54-26(4)46)33(24(31)2)41(44,6)7;/h9-18,25,30-32,34-35,37,48,53H,19-22H2,1-8H3,(H,45,50);/q-1;/t25-,30+,31-,32-,34+,35-,37-,42+,43-,44+;/m0./s1. The molecule has 0 saturated heterocycles. The summed E-state index contributed by atoms with van der Waals surface area (Å²) >= 11 is 0. The molecule has 14 heteroatoms. The molecule has 2 bridgehead atoms. The van der Waals surface area contributed by atoms with Gasteiger partial charge in [-0.2, -0.15) is 6.92 Å². The molecule has 10 atom stereocenters. The van der Waals surface area contributed by atoms with Crippen LogP contribution >= 0.6 is 0 Å². The molecule has 0 heterocycles. The second kappa shape index (κ2) is 16.6. The van der Waals surface area contributed by atoms with Gasteiger partial charge in [0.05, 0.1) is 23.0 Å². The first-order chi connectivity index (χ1) is 26.7. The van der Waals surface area contributed by atoms with Crippen molar-refractivity contribution in [2.75, 3.05) is 0 Å². The van der Waals surface area contributed by atoms with Gasteiger partial charge in [0.1, 0.15) is 23.4 Å². The maximum Gasteiger partial charge on any atom is 0.338 e. The summed E-state index contributed by atoms with van der Waals surface area (Å²) in [5.41, 5.74) is -6.23. The fourth-order valence-electron chi connectivity index (χ4n) is 9.94. The fraction of sp³-hybridized carbons (Fsp3) is 0.523. The first-order valence-corrected chi connectivity index (χ1v) is 19.4. The molecule has 2 aromatic carbocycles. The van der Waals surface area contributed by atoms with Crippen LogP contribution in [0.3, 0.4) is 0 Å². The van der Waals surface area contributed by atoms with E-state index in [2.05, 4.69) is 5.32 Å². The number of hydrogen-bond donors (Lipinski definition) is 3. The second-order valence-electron chi connectivity index (χ2n) is 16.8. The normalized spacial score (nSPS) is 32.5. The number of amides is 1. The molecule has 58 heavy (non-hydrogen) atoms. The number of ketones is 1. The van der Waals surface area contributed by atoms with Crippen molar-refractivity contribution in [3.05, 3.63) is 88.9 Å². The predicted octanol–water partition coefficient (Wildman–Crippen LogP) is 4.63. The topological polar surface area (TPSA) is 192 Å². The molecule has 0 unspecified atom stereocenters. The zero-order chi connectivity index (χ0) is 41.8. The Hall–Kier alpha value is -3.91. The van der Waals surface area contributed by atoms with E-state index >= 15 is 4.79 Å². The number of esters is 4. The summed E-state index contributed by atoms with van der Waals surface area (Å²) in [7, 11) is 0. The van der Waals surface area contributed by atoms with Gasteiger partial charge in [0.2, 0.25) is 5.91 Å². The second-order valence-corrected chi connectivity index (χ2v) is 16.8. The fourth-order valence-corrected chi connectivity index (χ4v) is 9.94. The van der Waals surface area contributed by atoms with Crippen molar-refractivity contribution >= 4 is 35.6 Å². The Labute approximate surface area is 363 Å². The van der Waals surface area contributed by atoms with Gasteiger partial charge in [-0.05, 0) is 68.5 Å². The third-order valence-corrected chi connectivity index (χ3v) is 13.4. The number of benzene rings is 2. The van der Waals surface area contributed by atoms with Crippen LogP contribution in [0.1, 0.15) is 102 Å². The van der Waals surface area contributed by atoms with Crippen LogP contribution in [-0.4, -0.2) is 87.4 Å². The van der Waals surface area contributed by atoms with Crippen LogP contribution in [0.4, 0.5) is 0 Å². The molecule has 4 aliphatic rings. The number of carbonyl (C=O) groups excluding carboxylic acids is 6. The van der Waals surface area contributed by atoms with E-state index in [-0.39, 0.29) is 69.0 Å². The monoisotopic (exact) mass is 875 g/mol. The Kier molecular flexibility index (Phi) is 13.0. The van der Waals surface area contributed by atoms with E-state index in [1.165, 1.54) is 32.9 Å². The number of hydrogen-bond acceptors (Lipinski definition) is 12. The summed E-state index contributed by atoms with van der Waals surface area (Å²) in [5, 5.41) is 28.5. The number of aliphatic hydroxyl groups is 2. The van der Waals surface area contributed by atoms with Gasteiger partial charge in [-0.25, -0.2) is 4.79 Å². The summed E-state index contributed by atoms with van der Waals surface area (Å²) in [4.78, 5) is 82.4. The average Bonchev–Trinajstić information content (AvgIpc) is 3.15. The van der Waals surface area contributed by atoms with Crippen molar-refractivity contribution in [2.24, 2.45) is 22.7 Å². The molecule has 2 aromatic rings. The molecule has 1 radical (unpaired) electrons. The molecule has 3 saturated carbocycles. The molecule has 3 fully saturated rings. The van der Waals surface area contributed by atoms with Crippen LogP contribution in [0.5, 0.6) is 0 Å². The molecule has 3 N–H and O–H groups in total. The number of nitrogens with one attached hydrogen (secondary N) is 1. The maximum absolute atomic E-state index is 15.4. The number of rotatable bonds is 9. The van der Waals surface area contributed by atoms with Gasteiger partial charge in [-0.15, -0.1) is 0 Å². The number of fused-ring (bicyclic) bond motifs is 5. The van der Waals surface area contributed by atoms with E-state index in [1.807, 2.05) is 0 Å². The quantitative estimate of drug-likeness (QED) is 0.137. The van der Waals surface area contributed by atoms with E-state index in [0.29, 0.717) is 17.6 Å². The smallest absolute Gasteiger partial charge is 0.338 e. The van der Waals surface area contributed by atoms with Crippen molar-refractivity contribution in [1.29, 1.82) is 0 Å². The third-order valence-electron chi connectivity index (χ3n) is 13.4. The Bertz CT molecular complexity index is 1990. The molecule has 13 nitrogen and oxygen atoms in total. The van der Waals surface area contributed by atoms with Crippen LogP contribution in [0.15, 0.2) is 71.8 Å². The Morgan fingerprint density at radius 1 is 0.897 bits per heavy atom. The van der Waals surface area contributed by atoms with Crippen molar-refractivity contribution < 1.29 is 90.6 Å². The van der Waals surface area contributed by atoms with Crippen LogP contribution < -0.4 is 5.32 Å². The number of ether oxygens (including phenoxy) is 4. The van der Waals surface area contributed by atoms with Gasteiger partial charge in [0.25, 0.3) is 0 Å².